The number of nitriles is 1. The summed E-state index contributed by atoms with van der Waals surface area (Å²) in [4.78, 5) is 4.38. The summed E-state index contributed by atoms with van der Waals surface area (Å²) in [6, 6.07) is 27.5. The third kappa shape index (κ3) is 4.46. The van der Waals surface area contributed by atoms with Crippen molar-refractivity contribution in [3.05, 3.63) is 101 Å². The summed E-state index contributed by atoms with van der Waals surface area (Å²) < 4.78 is 24.5. The minimum atomic E-state index is -0.551. The molecule has 0 amide bonds. The van der Waals surface area contributed by atoms with Gasteiger partial charge in [-0.25, -0.2) is 0 Å². The lowest BCUT2D eigenvalue weighted by Crippen LogP contribution is -2.17. The van der Waals surface area contributed by atoms with E-state index in [0.29, 0.717) is 35.3 Å². The number of hydrogen-bond donors (Lipinski definition) is 0. The summed E-state index contributed by atoms with van der Waals surface area (Å²) in [5.41, 5.74) is 4.28. The van der Waals surface area contributed by atoms with E-state index in [4.69, 9.17) is 24.0 Å². The molecule has 4 aromatic rings. The van der Waals surface area contributed by atoms with Gasteiger partial charge in [0.05, 0.1) is 38.0 Å². The van der Waals surface area contributed by atoms with Crippen LogP contribution in [-0.4, -0.2) is 37.0 Å². The summed E-state index contributed by atoms with van der Waals surface area (Å²) in [6.45, 7) is 2.29. The smallest absolute Gasteiger partial charge is 0.238 e. The lowest BCUT2D eigenvalue weighted by molar-refractivity contribution is 0.331. The lowest BCUT2D eigenvalue weighted by Gasteiger charge is -2.25. The maximum Gasteiger partial charge on any atom is 0.238 e. The second-order valence-electron chi connectivity index (χ2n) is 8.35. The number of hydrogen-bond acceptors (Lipinski definition) is 7. The van der Waals surface area contributed by atoms with Gasteiger partial charge in [-0.3, -0.25) is 0 Å². The molecule has 2 heterocycles. The molecule has 1 unspecified atom stereocenters. The van der Waals surface area contributed by atoms with Gasteiger partial charge in [0.1, 0.15) is 17.3 Å². The highest BCUT2D eigenvalue weighted by atomic mass is 16.5. The summed E-state index contributed by atoms with van der Waals surface area (Å²) in [5, 5.41) is 15.4. The fourth-order valence-electron chi connectivity index (χ4n) is 4.47. The summed E-state index contributed by atoms with van der Waals surface area (Å²) in [7, 11) is 3.17. The number of aliphatic imine (C=N–C) groups is 1. The zero-order valence-corrected chi connectivity index (χ0v) is 21.3. The van der Waals surface area contributed by atoms with Crippen molar-refractivity contribution in [3.63, 3.8) is 0 Å². The first-order valence-corrected chi connectivity index (χ1v) is 12.1. The zero-order valence-electron chi connectivity index (χ0n) is 21.3. The molecular formula is C30H26N4O4. The number of ether oxygens (including phenoxy) is 4. The maximum absolute atomic E-state index is 10.4. The van der Waals surface area contributed by atoms with Gasteiger partial charge in [0, 0.05) is 5.56 Å². The van der Waals surface area contributed by atoms with Gasteiger partial charge in [0.15, 0.2) is 17.9 Å². The maximum atomic E-state index is 10.4. The number of fused-ring (bicyclic) bond motifs is 1. The molecule has 8 heteroatoms. The van der Waals surface area contributed by atoms with Gasteiger partial charge in [-0.1, -0.05) is 54.6 Å². The van der Waals surface area contributed by atoms with Crippen molar-refractivity contribution in [2.75, 3.05) is 20.8 Å². The molecule has 0 spiro atoms. The topological polar surface area (TPSA) is 90.9 Å². The van der Waals surface area contributed by atoms with Gasteiger partial charge in [-0.05, 0) is 36.8 Å². The van der Waals surface area contributed by atoms with Crippen molar-refractivity contribution in [1.82, 2.24) is 9.78 Å². The summed E-state index contributed by atoms with van der Waals surface area (Å²) >= 11 is 0. The fraction of sp³-hybridized carbons (Fsp3) is 0.167. The van der Waals surface area contributed by atoms with Gasteiger partial charge >= 0.3 is 0 Å². The molecular weight excluding hydrogens is 480 g/mol. The zero-order chi connectivity index (χ0) is 26.5. The number of benzene rings is 3. The average molecular weight is 507 g/mol. The van der Waals surface area contributed by atoms with Crippen LogP contribution in [0.15, 0.2) is 95.3 Å². The highest BCUT2D eigenvalue weighted by Crippen LogP contribution is 2.49. The molecule has 0 saturated carbocycles. The molecule has 0 fully saturated rings. The highest BCUT2D eigenvalue weighted by molar-refractivity contribution is 5.72. The Hall–Kier alpha value is -5.03. The largest absolute Gasteiger partial charge is 0.493 e. The average Bonchev–Trinajstić information content (AvgIpc) is 3.36. The van der Waals surface area contributed by atoms with Gasteiger partial charge in [0.2, 0.25) is 11.8 Å². The van der Waals surface area contributed by atoms with Gasteiger partial charge in [-0.15, -0.1) is 0 Å². The Kier molecular flexibility index (Phi) is 7.09. The van der Waals surface area contributed by atoms with Crippen molar-refractivity contribution < 1.29 is 18.9 Å². The molecule has 1 atom stereocenters. The Morgan fingerprint density at radius 1 is 1.00 bits per heavy atom. The van der Waals surface area contributed by atoms with E-state index >= 15 is 0 Å². The molecule has 190 valence electrons. The molecule has 0 aliphatic carbocycles. The lowest BCUT2D eigenvalue weighted by atomic mass is 9.83. The van der Waals surface area contributed by atoms with E-state index in [9.17, 15) is 5.26 Å². The number of rotatable bonds is 8. The highest BCUT2D eigenvalue weighted by Gasteiger charge is 2.38. The second kappa shape index (κ2) is 10.9. The number of methoxy groups -OCH3 is 2. The fourth-order valence-corrected chi connectivity index (χ4v) is 4.47. The van der Waals surface area contributed by atoms with Crippen LogP contribution in [0.2, 0.25) is 0 Å². The molecule has 3 aromatic carbocycles. The normalized spacial score (nSPS) is 14.5. The number of aromatic nitrogens is 2. The first kappa shape index (κ1) is 24.7. The van der Waals surface area contributed by atoms with Crippen LogP contribution < -0.4 is 14.2 Å². The molecule has 8 nitrogen and oxygen atoms in total. The van der Waals surface area contributed by atoms with E-state index in [0.717, 1.165) is 22.4 Å². The molecule has 0 bridgehead atoms. The van der Waals surface area contributed by atoms with Crippen LogP contribution in [0.4, 0.5) is 0 Å². The first-order chi connectivity index (χ1) is 18.7. The Morgan fingerprint density at radius 3 is 2.37 bits per heavy atom. The van der Waals surface area contributed by atoms with Crippen molar-refractivity contribution in [3.8, 4) is 40.4 Å². The van der Waals surface area contributed by atoms with E-state index in [1.54, 1.807) is 18.9 Å². The van der Waals surface area contributed by atoms with Crippen LogP contribution in [0.25, 0.3) is 16.9 Å². The van der Waals surface area contributed by atoms with E-state index in [2.05, 4.69) is 11.1 Å². The van der Waals surface area contributed by atoms with E-state index in [-0.39, 0.29) is 5.88 Å². The molecule has 0 N–H and O–H groups in total. The van der Waals surface area contributed by atoms with E-state index in [1.165, 1.54) is 6.40 Å². The quantitative estimate of drug-likeness (QED) is 0.219. The molecule has 0 radical (unpaired) electrons. The summed E-state index contributed by atoms with van der Waals surface area (Å²) in [5.74, 6) is 1.20. The summed E-state index contributed by atoms with van der Waals surface area (Å²) in [6.07, 6.45) is 1.30. The standard InChI is InChI=1S/C30H26N4O4/c1-4-37-19-32-29-23(18-31)26(21-15-16-24(35-2)25(17-21)36-3)27-28(20-11-7-5-8-12-20)33-34(30(27)38-29)22-13-9-6-10-14-22/h5-17,19,26H,4H2,1-3H3. The monoisotopic (exact) mass is 506 g/mol. The number of para-hydroxylation sites is 1. The molecule has 0 saturated heterocycles. The third-order valence-corrected chi connectivity index (χ3v) is 6.20. The van der Waals surface area contributed by atoms with Crippen LogP contribution in [0.1, 0.15) is 24.0 Å². The van der Waals surface area contributed by atoms with Crippen molar-refractivity contribution in [2.45, 2.75) is 12.8 Å². The van der Waals surface area contributed by atoms with Crippen molar-refractivity contribution in [1.29, 1.82) is 5.26 Å². The Morgan fingerprint density at radius 2 is 1.71 bits per heavy atom. The third-order valence-electron chi connectivity index (χ3n) is 6.20. The van der Waals surface area contributed by atoms with Crippen LogP contribution in [0, 0.1) is 11.3 Å². The number of allylic oxidation sites excluding steroid dienone is 1. The van der Waals surface area contributed by atoms with Crippen LogP contribution in [-0.2, 0) is 4.74 Å². The Labute approximate surface area is 221 Å². The Balaban J connectivity index is 1.83. The predicted octanol–water partition coefficient (Wildman–Crippen LogP) is 5.88. The van der Waals surface area contributed by atoms with Crippen LogP contribution >= 0.6 is 0 Å². The van der Waals surface area contributed by atoms with E-state index < -0.39 is 5.92 Å². The predicted molar refractivity (Wildman–Crippen MR) is 144 cm³/mol. The molecule has 38 heavy (non-hydrogen) atoms. The first-order valence-electron chi connectivity index (χ1n) is 12.1. The van der Waals surface area contributed by atoms with E-state index in [1.807, 2.05) is 85.8 Å². The van der Waals surface area contributed by atoms with Crippen LogP contribution in [0.5, 0.6) is 17.4 Å². The van der Waals surface area contributed by atoms with Crippen molar-refractivity contribution in [2.24, 2.45) is 4.99 Å². The molecule has 1 aromatic heterocycles. The number of nitrogens with zero attached hydrogens (tertiary/aromatic N) is 4. The van der Waals surface area contributed by atoms with Crippen molar-refractivity contribution >= 4 is 6.40 Å². The molecule has 1 aliphatic heterocycles. The minimum absolute atomic E-state index is 0.143. The molecule has 5 rings (SSSR count). The van der Waals surface area contributed by atoms with Gasteiger partial charge < -0.3 is 18.9 Å². The van der Waals surface area contributed by atoms with Gasteiger partial charge in [0.25, 0.3) is 0 Å². The molecule has 1 aliphatic rings. The Bertz CT molecular complexity index is 1540. The second-order valence-corrected chi connectivity index (χ2v) is 8.35. The SMILES string of the molecule is CCOC=NC1=C(C#N)C(c2ccc(OC)c(OC)c2)c2c(-c3ccccc3)nn(-c3ccccc3)c2O1. The van der Waals surface area contributed by atoms with Crippen LogP contribution in [0.3, 0.4) is 0 Å². The minimum Gasteiger partial charge on any atom is -0.493 e. The van der Waals surface area contributed by atoms with Gasteiger partial charge in [-0.2, -0.15) is 20.0 Å².